The summed E-state index contributed by atoms with van der Waals surface area (Å²) in [4.78, 5) is 11.6. The SMILES string of the molecule is CC(C)(C)c1ccc(OC(=O)CCCCCO)cc1. The Balaban J connectivity index is 2.43. The summed E-state index contributed by atoms with van der Waals surface area (Å²) in [6.45, 7) is 6.63. The number of unbranched alkanes of at least 4 members (excludes halogenated alkanes) is 2. The normalized spacial score (nSPS) is 11.4. The third-order valence-electron chi connectivity index (χ3n) is 2.99. The van der Waals surface area contributed by atoms with Crippen molar-refractivity contribution in [2.75, 3.05) is 6.61 Å². The van der Waals surface area contributed by atoms with Crippen molar-refractivity contribution >= 4 is 5.97 Å². The summed E-state index contributed by atoms with van der Waals surface area (Å²) >= 11 is 0. The summed E-state index contributed by atoms with van der Waals surface area (Å²) in [6.07, 6.45) is 2.77. The molecule has 0 atom stereocenters. The molecule has 0 aliphatic rings. The molecule has 0 unspecified atom stereocenters. The Labute approximate surface area is 115 Å². The Morgan fingerprint density at radius 3 is 2.26 bits per heavy atom. The van der Waals surface area contributed by atoms with Gasteiger partial charge in [-0.15, -0.1) is 0 Å². The monoisotopic (exact) mass is 264 g/mol. The molecular formula is C16H24O3. The zero-order valence-corrected chi connectivity index (χ0v) is 12.1. The van der Waals surface area contributed by atoms with Crippen LogP contribution in [-0.4, -0.2) is 17.7 Å². The fourth-order valence-electron chi connectivity index (χ4n) is 1.76. The van der Waals surface area contributed by atoms with Crippen LogP contribution in [0.2, 0.25) is 0 Å². The molecule has 1 aromatic rings. The van der Waals surface area contributed by atoms with Gasteiger partial charge in [0.15, 0.2) is 0 Å². The molecule has 3 nitrogen and oxygen atoms in total. The minimum atomic E-state index is -0.207. The first-order valence-electron chi connectivity index (χ1n) is 6.85. The first-order chi connectivity index (χ1) is 8.93. The number of aliphatic hydroxyl groups is 1. The Hall–Kier alpha value is -1.35. The smallest absolute Gasteiger partial charge is 0.311 e. The van der Waals surface area contributed by atoms with E-state index in [0.29, 0.717) is 12.2 Å². The van der Waals surface area contributed by atoms with Crippen molar-refractivity contribution in [1.29, 1.82) is 0 Å². The van der Waals surface area contributed by atoms with Gasteiger partial charge in [0.05, 0.1) is 0 Å². The fourth-order valence-corrected chi connectivity index (χ4v) is 1.76. The molecule has 0 aromatic heterocycles. The van der Waals surface area contributed by atoms with Crippen LogP contribution in [0.5, 0.6) is 5.75 Å². The molecule has 0 radical (unpaired) electrons. The summed E-state index contributed by atoms with van der Waals surface area (Å²) < 4.78 is 5.26. The van der Waals surface area contributed by atoms with Crippen LogP contribution in [0.4, 0.5) is 0 Å². The van der Waals surface area contributed by atoms with E-state index in [0.717, 1.165) is 19.3 Å². The van der Waals surface area contributed by atoms with Crippen LogP contribution >= 0.6 is 0 Å². The molecule has 0 aliphatic carbocycles. The fraction of sp³-hybridized carbons (Fsp3) is 0.562. The van der Waals surface area contributed by atoms with E-state index >= 15 is 0 Å². The van der Waals surface area contributed by atoms with Gasteiger partial charge in [0, 0.05) is 13.0 Å². The molecular weight excluding hydrogens is 240 g/mol. The number of carbonyl (C=O) groups excluding carboxylic acids is 1. The molecule has 0 heterocycles. The van der Waals surface area contributed by atoms with Crippen molar-refractivity contribution in [3.05, 3.63) is 29.8 Å². The largest absolute Gasteiger partial charge is 0.427 e. The number of rotatable bonds is 6. The predicted octanol–water partition coefficient (Wildman–Crippen LogP) is 3.44. The maximum atomic E-state index is 11.6. The van der Waals surface area contributed by atoms with Crippen molar-refractivity contribution in [1.82, 2.24) is 0 Å². The first-order valence-corrected chi connectivity index (χ1v) is 6.85. The van der Waals surface area contributed by atoms with Gasteiger partial charge < -0.3 is 9.84 Å². The lowest BCUT2D eigenvalue weighted by Crippen LogP contribution is -2.11. The van der Waals surface area contributed by atoms with Gasteiger partial charge in [-0.25, -0.2) is 0 Å². The molecule has 3 heteroatoms. The van der Waals surface area contributed by atoms with E-state index in [4.69, 9.17) is 9.84 Å². The molecule has 1 N–H and O–H groups in total. The molecule has 0 saturated carbocycles. The Morgan fingerprint density at radius 2 is 1.74 bits per heavy atom. The third-order valence-corrected chi connectivity index (χ3v) is 2.99. The summed E-state index contributed by atoms with van der Waals surface area (Å²) in [5, 5.41) is 8.64. The molecule has 0 saturated heterocycles. The van der Waals surface area contributed by atoms with Gasteiger partial charge in [0.2, 0.25) is 0 Å². The number of ether oxygens (including phenoxy) is 1. The van der Waals surface area contributed by atoms with Crippen molar-refractivity contribution in [2.45, 2.75) is 51.9 Å². The summed E-state index contributed by atoms with van der Waals surface area (Å²) in [5.74, 6) is 0.390. The lowest BCUT2D eigenvalue weighted by molar-refractivity contribution is -0.134. The molecule has 106 valence electrons. The molecule has 0 spiro atoms. The van der Waals surface area contributed by atoms with Crippen LogP contribution in [0.25, 0.3) is 0 Å². The van der Waals surface area contributed by atoms with E-state index in [1.807, 2.05) is 24.3 Å². The second-order valence-electron chi connectivity index (χ2n) is 5.78. The number of carbonyl (C=O) groups is 1. The maximum absolute atomic E-state index is 11.6. The highest BCUT2D eigenvalue weighted by atomic mass is 16.5. The minimum absolute atomic E-state index is 0.104. The van der Waals surface area contributed by atoms with E-state index in [1.165, 1.54) is 5.56 Å². The number of esters is 1. The van der Waals surface area contributed by atoms with Crippen molar-refractivity contribution in [3.8, 4) is 5.75 Å². The van der Waals surface area contributed by atoms with E-state index in [-0.39, 0.29) is 18.0 Å². The van der Waals surface area contributed by atoms with Crippen LogP contribution in [0.1, 0.15) is 52.0 Å². The topological polar surface area (TPSA) is 46.5 Å². The van der Waals surface area contributed by atoms with Crippen molar-refractivity contribution in [2.24, 2.45) is 0 Å². The highest BCUT2D eigenvalue weighted by Crippen LogP contribution is 2.24. The lowest BCUT2D eigenvalue weighted by atomic mass is 9.87. The van der Waals surface area contributed by atoms with Crippen LogP contribution in [0, 0.1) is 0 Å². The van der Waals surface area contributed by atoms with E-state index < -0.39 is 0 Å². The van der Waals surface area contributed by atoms with Crippen LogP contribution in [0.3, 0.4) is 0 Å². The quantitative estimate of drug-likeness (QED) is 0.486. The zero-order valence-electron chi connectivity index (χ0n) is 12.1. The van der Waals surface area contributed by atoms with Gasteiger partial charge >= 0.3 is 5.97 Å². The number of aliphatic hydroxyl groups excluding tert-OH is 1. The zero-order chi connectivity index (χ0) is 14.3. The molecule has 0 aliphatic heterocycles. The van der Waals surface area contributed by atoms with E-state index in [9.17, 15) is 4.79 Å². The average molecular weight is 264 g/mol. The lowest BCUT2D eigenvalue weighted by Gasteiger charge is -2.18. The first kappa shape index (κ1) is 15.7. The van der Waals surface area contributed by atoms with E-state index in [2.05, 4.69) is 20.8 Å². The van der Waals surface area contributed by atoms with E-state index in [1.54, 1.807) is 0 Å². The van der Waals surface area contributed by atoms with Gasteiger partial charge in [-0.1, -0.05) is 39.3 Å². The molecule has 1 aromatic carbocycles. The Kier molecular flexibility index (Phi) is 6.03. The average Bonchev–Trinajstić information content (AvgIpc) is 2.34. The van der Waals surface area contributed by atoms with Gasteiger partial charge in [0.1, 0.15) is 5.75 Å². The third kappa shape index (κ3) is 5.88. The second kappa shape index (κ2) is 7.29. The molecule has 0 bridgehead atoms. The standard InChI is InChI=1S/C16H24O3/c1-16(2,3)13-8-10-14(11-9-13)19-15(18)7-5-4-6-12-17/h8-11,17H,4-7,12H2,1-3H3. The van der Waals surface area contributed by atoms with Gasteiger partial charge in [-0.05, 0) is 36.0 Å². The number of benzene rings is 1. The summed E-state index contributed by atoms with van der Waals surface area (Å²) in [7, 11) is 0. The van der Waals surface area contributed by atoms with Crippen molar-refractivity contribution in [3.63, 3.8) is 0 Å². The van der Waals surface area contributed by atoms with Crippen LogP contribution in [0.15, 0.2) is 24.3 Å². The van der Waals surface area contributed by atoms with Gasteiger partial charge in [-0.2, -0.15) is 0 Å². The highest BCUT2D eigenvalue weighted by Gasteiger charge is 2.13. The number of hydrogen-bond donors (Lipinski definition) is 1. The summed E-state index contributed by atoms with van der Waals surface area (Å²) in [5.41, 5.74) is 1.32. The minimum Gasteiger partial charge on any atom is -0.427 e. The second-order valence-corrected chi connectivity index (χ2v) is 5.78. The van der Waals surface area contributed by atoms with Gasteiger partial charge in [0.25, 0.3) is 0 Å². The highest BCUT2D eigenvalue weighted by molar-refractivity contribution is 5.72. The Morgan fingerprint density at radius 1 is 1.11 bits per heavy atom. The predicted molar refractivity (Wildman–Crippen MR) is 76.3 cm³/mol. The van der Waals surface area contributed by atoms with Crippen molar-refractivity contribution < 1.29 is 14.6 Å². The molecule has 0 amide bonds. The van der Waals surface area contributed by atoms with Crippen LogP contribution < -0.4 is 4.74 Å². The molecule has 0 fully saturated rings. The Bertz CT molecular complexity index is 387. The van der Waals surface area contributed by atoms with Crippen LogP contribution in [-0.2, 0) is 10.2 Å². The number of hydrogen-bond acceptors (Lipinski definition) is 3. The van der Waals surface area contributed by atoms with Gasteiger partial charge in [-0.3, -0.25) is 4.79 Å². The maximum Gasteiger partial charge on any atom is 0.311 e. The summed E-state index contributed by atoms with van der Waals surface area (Å²) in [6, 6.07) is 7.67. The molecule has 1 rings (SSSR count). The molecule has 19 heavy (non-hydrogen) atoms.